The van der Waals surface area contributed by atoms with Gasteiger partial charge in [-0.05, 0) is 19.3 Å². The molecule has 3 nitrogen and oxygen atoms in total. The zero-order valence-electron chi connectivity index (χ0n) is 9.70. The quantitative estimate of drug-likeness (QED) is 0.476. The number of carbonyl (C=O) groups is 1. The fraction of sp³-hybridized carbons (Fsp3) is 0.667. The summed E-state index contributed by atoms with van der Waals surface area (Å²) in [6, 6.07) is 2.06. The van der Waals surface area contributed by atoms with Crippen LogP contribution in [0, 0.1) is 17.2 Å². The lowest BCUT2D eigenvalue weighted by Crippen LogP contribution is -2.33. The van der Waals surface area contributed by atoms with Crippen LogP contribution in [-0.2, 0) is 4.79 Å². The van der Waals surface area contributed by atoms with Gasteiger partial charge in [-0.1, -0.05) is 19.4 Å². The van der Waals surface area contributed by atoms with Gasteiger partial charge in [-0.15, -0.1) is 6.58 Å². The summed E-state index contributed by atoms with van der Waals surface area (Å²) in [5.74, 6) is -0.521. The van der Waals surface area contributed by atoms with Crippen LogP contribution in [0.4, 0.5) is 0 Å². The van der Waals surface area contributed by atoms with Gasteiger partial charge in [-0.25, -0.2) is 0 Å². The van der Waals surface area contributed by atoms with Crippen LogP contribution in [-0.4, -0.2) is 24.4 Å². The molecular weight excluding hydrogens is 188 g/mol. The number of hydrogen-bond donors (Lipinski definition) is 0. The van der Waals surface area contributed by atoms with E-state index in [4.69, 9.17) is 5.26 Å². The largest absolute Gasteiger partial charge is 0.345 e. The lowest BCUT2D eigenvalue weighted by molar-refractivity contribution is -0.132. The Bertz CT molecular complexity index is 242. The van der Waals surface area contributed by atoms with E-state index in [1.165, 1.54) is 0 Å². The molecule has 0 spiro atoms. The standard InChI is InChI=1S/C12H20N2O/c1-4-6-7-9-14(3)12(15)11(10-13)8-5-2/h4,11H,1,5-9H2,2-3H3. The molecule has 0 N–H and O–H groups in total. The van der Waals surface area contributed by atoms with E-state index < -0.39 is 5.92 Å². The third kappa shape index (κ3) is 5.21. The summed E-state index contributed by atoms with van der Waals surface area (Å²) in [6.45, 7) is 6.31. The van der Waals surface area contributed by atoms with Crippen LogP contribution in [0.1, 0.15) is 32.6 Å². The monoisotopic (exact) mass is 208 g/mol. The van der Waals surface area contributed by atoms with Gasteiger partial charge in [0, 0.05) is 13.6 Å². The Kier molecular flexibility index (Phi) is 7.35. The van der Waals surface area contributed by atoms with E-state index in [0.29, 0.717) is 13.0 Å². The van der Waals surface area contributed by atoms with Gasteiger partial charge < -0.3 is 4.90 Å². The first-order chi connectivity index (χ1) is 7.17. The Balaban J connectivity index is 4.05. The van der Waals surface area contributed by atoms with Crippen molar-refractivity contribution in [1.29, 1.82) is 5.26 Å². The zero-order valence-corrected chi connectivity index (χ0v) is 9.70. The van der Waals surface area contributed by atoms with Crippen LogP contribution in [0.15, 0.2) is 12.7 Å². The number of rotatable bonds is 7. The minimum Gasteiger partial charge on any atom is -0.345 e. The number of allylic oxidation sites excluding steroid dienone is 1. The Labute approximate surface area is 92.4 Å². The predicted molar refractivity (Wildman–Crippen MR) is 61.1 cm³/mol. The van der Waals surface area contributed by atoms with Crippen molar-refractivity contribution >= 4 is 5.91 Å². The van der Waals surface area contributed by atoms with Crippen molar-refractivity contribution in [2.45, 2.75) is 32.6 Å². The number of hydrogen-bond acceptors (Lipinski definition) is 2. The molecule has 0 saturated carbocycles. The van der Waals surface area contributed by atoms with Crippen molar-refractivity contribution in [2.75, 3.05) is 13.6 Å². The second-order valence-corrected chi connectivity index (χ2v) is 3.66. The van der Waals surface area contributed by atoms with Gasteiger partial charge in [0.05, 0.1) is 6.07 Å². The van der Waals surface area contributed by atoms with Gasteiger partial charge >= 0.3 is 0 Å². The fourth-order valence-corrected chi connectivity index (χ4v) is 1.38. The van der Waals surface area contributed by atoms with Gasteiger partial charge in [0.1, 0.15) is 5.92 Å². The van der Waals surface area contributed by atoms with Crippen LogP contribution >= 0.6 is 0 Å². The highest BCUT2D eigenvalue weighted by Crippen LogP contribution is 2.09. The van der Waals surface area contributed by atoms with Gasteiger partial charge in [0.15, 0.2) is 0 Å². The molecule has 0 aliphatic rings. The molecule has 1 unspecified atom stereocenters. The first-order valence-electron chi connectivity index (χ1n) is 5.42. The van der Waals surface area contributed by atoms with E-state index in [0.717, 1.165) is 19.3 Å². The molecule has 3 heteroatoms. The Hall–Kier alpha value is -1.30. The van der Waals surface area contributed by atoms with Crippen molar-refractivity contribution in [1.82, 2.24) is 4.90 Å². The van der Waals surface area contributed by atoms with Crippen LogP contribution in [0.3, 0.4) is 0 Å². The first kappa shape index (κ1) is 13.7. The maximum absolute atomic E-state index is 11.7. The maximum atomic E-state index is 11.7. The average Bonchev–Trinajstić information content (AvgIpc) is 2.25. The molecule has 0 fully saturated rings. The highest BCUT2D eigenvalue weighted by molar-refractivity contribution is 5.80. The molecule has 1 amide bonds. The Morgan fingerprint density at radius 3 is 2.80 bits per heavy atom. The Morgan fingerprint density at radius 2 is 2.33 bits per heavy atom. The van der Waals surface area contributed by atoms with E-state index in [2.05, 4.69) is 12.6 Å². The molecule has 15 heavy (non-hydrogen) atoms. The van der Waals surface area contributed by atoms with Gasteiger partial charge in [0.25, 0.3) is 0 Å². The topological polar surface area (TPSA) is 44.1 Å². The molecule has 0 aromatic rings. The van der Waals surface area contributed by atoms with Gasteiger partial charge in [0.2, 0.25) is 5.91 Å². The SMILES string of the molecule is C=CCCCN(C)C(=O)C(C#N)CCC. The molecule has 84 valence electrons. The van der Waals surface area contributed by atoms with Crippen LogP contribution in [0.5, 0.6) is 0 Å². The first-order valence-corrected chi connectivity index (χ1v) is 5.42. The molecule has 0 radical (unpaired) electrons. The van der Waals surface area contributed by atoms with Gasteiger partial charge in [-0.3, -0.25) is 4.79 Å². The number of amides is 1. The third-order valence-electron chi connectivity index (χ3n) is 2.31. The number of carbonyl (C=O) groups excluding carboxylic acids is 1. The smallest absolute Gasteiger partial charge is 0.239 e. The van der Waals surface area contributed by atoms with E-state index in [9.17, 15) is 4.79 Å². The van der Waals surface area contributed by atoms with E-state index in [1.54, 1.807) is 11.9 Å². The summed E-state index contributed by atoms with van der Waals surface area (Å²) in [4.78, 5) is 13.4. The molecular formula is C12H20N2O. The lowest BCUT2D eigenvalue weighted by atomic mass is 10.0. The van der Waals surface area contributed by atoms with E-state index in [1.807, 2.05) is 13.0 Å². The van der Waals surface area contributed by atoms with Crippen molar-refractivity contribution in [3.63, 3.8) is 0 Å². The highest BCUT2D eigenvalue weighted by Gasteiger charge is 2.19. The lowest BCUT2D eigenvalue weighted by Gasteiger charge is -2.19. The van der Waals surface area contributed by atoms with Crippen molar-refractivity contribution in [2.24, 2.45) is 5.92 Å². The molecule has 0 aliphatic heterocycles. The van der Waals surface area contributed by atoms with Crippen molar-refractivity contribution < 1.29 is 4.79 Å². The summed E-state index contributed by atoms with van der Waals surface area (Å²) < 4.78 is 0. The molecule has 1 atom stereocenters. The molecule has 0 aliphatic carbocycles. The number of unbranched alkanes of at least 4 members (excludes halogenated alkanes) is 1. The maximum Gasteiger partial charge on any atom is 0.239 e. The molecule has 0 saturated heterocycles. The molecule has 0 bridgehead atoms. The van der Waals surface area contributed by atoms with Crippen molar-refractivity contribution in [3.8, 4) is 6.07 Å². The van der Waals surface area contributed by atoms with Crippen LogP contribution in [0.2, 0.25) is 0 Å². The Morgan fingerprint density at radius 1 is 1.67 bits per heavy atom. The normalized spacial score (nSPS) is 11.5. The summed E-state index contributed by atoms with van der Waals surface area (Å²) in [6.07, 6.45) is 5.18. The average molecular weight is 208 g/mol. The second kappa shape index (κ2) is 8.05. The van der Waals surface area contributed by atoms with Crippen LogP contribution < -0.4 is 0 Å². The number of nitrogens with zero attached hydrogens (tertiary/aromatic N) is 2. The summed E-state index contributed by atoms with van der Waals surface area (Å²) in [7, 11) is 1.76. The summed E-state index contributed by atoms with van der Waals surface area (Å²) >= 11 is 0. The fourth-order valence-electron chi connectivity index (χ4n) is 1.38. The summed E-state index contributed by atoms with van der Waals surface area (Å²) in [5, 5.41) is 8.83. The minimum absolute atomic E-state index is 0.0524. The number of nitriles is 1. The minimum atomic E-state index is -0.469. The van der Waals surface area contributed by atoms with Gasteiger partial charge in [-0.2, -0.15) is 5.26 Å². The van der Waals surface area contributed by atoms with Crippen LogP contribution in [0.25, 0.3) is 0 Å². The van der Waals surface area contributed by atoms with E-state index >= 15 is 0 Å². The third-order valence-corrected chi connectivity index (χ3v) is 2.31. The molecule has 0 aromatic carbocycles. The van der Waals surface area contributed by atoms with E-state index in [-0.39, 0.29) is 5.91 Å². The highest BCUT2D eigenvalue weighted by atomic mass is 16.2. The summed E-state index contributed by atoms with van der Waals surface area (Å²) in [5.41, 5.74) is 0. The molecule has 0 heterocycles. The zero-order chi connectivity index (χ0) is 11.7. The second-order valence-electron chi connectivity index (χ2n) is 3.66. The molecule has 0 rings (SSSR count). The molecule has 0 aromatic heterocycles. The predicted octanol–water partition coefficient (Wildman–Crippen LogP) is 2.35. The van der Waals surface area contributed by atoms with Crippen molar-refractivity contribution in [3.05, 3.63) is 12.7 Å².